The van der Waals surface area contributed by atoms with Gasteiger partial charge in [0.15, 0.2) is 11.5 Å². The summed E-state index contributed by atoms with van der Waals surface area (Å²) in [5, 5.41) is 12.6. The molecule has 0 amide bonds. The lowest BCUT2D eigenvalue weighted by atomic mass is 10.1. The van der Waals surface area contributed by atoms with Crippen LogP contribution in [-0.4, -0.2) is 24.0 Å². The molecule has 0 bridgehead atoms. The molecule has 0 spiro atoms. The van der Waals surface area contributed by atoms with E-state index in [0.29, 0.717) is 12.2 Å². The summed E-state index contributed by atoms with van der Waals surface area (Å²) in [5.41, 5.74) is 0.592. The van der Waals surface area contributed by atoms with Crippen LogP contribution in [0.1, 0.15) is 13.8 Å². The van der Waals surface area contributed by atoms with Crippen molar-refractivity contribution in [2.24, 2.45) is 5.92 Å². The summed E-state index contributed by atoms with van der Waals surface area (Å²) >= 11 is 0. The number of alkyl halides is 2. The number of ether oxygens (including phenoxy) is 2. The molecule has 0 radical (unpaired) electrons. The van der Waals surface area contributed by atoms with Gasteiger partial charge in [-0.3, -0.25) is 0 Å². The molecule has 1 atom stereocenters. The van der Waals surface area contributed by atoms with Crippen molar-refractivity contribution in [1.82, 2.24) is 0 Å². The molecule has 1 aliphatic rings. The minimum atomic E-state index is -3.60. The van der Waals surface area contributed by atoms with Gasteiger partial charge in [0.25, 0.3) is 0 Å². The fraction of sp³-hybridized carbons (Fsp3) is 0.500. The minimum absolute atomic E-state index is 0.00922. The number of fused-ring (bicyclic) bond motifs is 1. The summed E-state index contributed by atoms with van der Waals surface area (Å²) in [6, 6.07) is 4.42. The van der Waals surface area contributed by atoms with Crippen molar-refractivity contribution in [2.75, 3.05) is 11.9 Å². The first-order valence-electron chi connectivity index (χ1n) is 5.69. The van der Waals surface area contributed by atoms with E-state index < -0.39 is 12.4 Å². The number of rotatable bonds is 4. The van der Waals surface area contributed by atoms with E-state index in [2.05, 4.69) is 14.8 Å². The monoisotopic (exact) mass is 259 g/mol. The molecule has 1 aromatic rings. The molecule has 0 saturated heterocycles. The lowest BCUT2D eigenvalue weighted by Gasteiger charge is -2.15. The molecular weight excluding hydrogens is 244 g/mol. The van der Waals surface area contributed by atoms with Crippen LogP contribution in [0.4, 0.5) is 14.5 Å². The summed E-state index contributed by atoms with van der Waals surface area (Å²) in [6.07, 6.45) is -4.10. The molecule has 0 aromatic heterocycles. The first-order chi connectivity index (χ1) is 8.37. The molecule has 6 heteroatoms. The predicted molar refractivity (Wildman–Crippen MR) is 62.0 cm³/mol. The average molecular weight is 259 g/mol. The first-order valence-corrected chi connectivity index (χ1v) is 5.69. The molecule has 100 valence electrons. The molecule has 1 aliphatic heterocycles. The second-order valence-corrected chi connectivity index (χ2v) is 4.52. The molecule has 0 fully saturated rings. The van der Waals surface area contributed by atoms with Gasteiger partial charge in [-0.1, -0.05) is 13.8 Å². The van der Waals surface area contributed by atoms with E-state index in [1.165, 1.54) is 12.1 Å². The number of hydrogen-bond acceptors (Lipinski definition) is 4. The molecule has 4 nitrogen and oxygen atoms in total. The van der Waals surface area contributed by atoms with Gasteiger partial charge in [0.05, 0.1) is 6.10 Å². The Morgan fingerprint density at radius 1 is 1.28 bits per heavy atom. The van der Waals surface area contributed by atoms with Gasteiger partial charge in [-0.05, 0) is 18.1 Å². The molecule has 0 saturated carbocycles. The fourth-order valence-electron chi connectivity index (χ4n) is 1.52. The van der Waals surface area contributed by atoms with Crippen LogP contribution in [-0.2, 0) is 0 Å². The Morgan fingerprint density at radius 3 is 2.61 bits per heavy atom. The summed E-state index contributed by atoms with van der Waals surface area (Å²) in [5.74, 6) is 0.120. The third-order valence-corrected chi connectivity index (χ3v) is 2.69. The quantitative estimate of drug-likeness (QED) is 0.872. The lowest BCUT2D eigenvalue weighted by molar-refractivity contribution is -0.286. The Hall–Kier alpha value is -1.56. The molecule has 0 aliphatic carbocycles. The predicted octanol–water partition coefficient (Wildman–Crippen LogP) is 2.44. The van der Waals surface area contributed by atoms with E-state index in [4.69, 9.17) is 0 Å². The van der Waals surface area contributed by atoms with Crippen molar-refractivity contribution in [3.8, 4) is 11.5 Å². The van der Waals surface area contributed by atoms with Crippen LogP contribution < -0.4 is 14.8 Å². The molecule has 1 unspecified atom stereocenters. The van der Waals surface area contributed by atoms with Crippen molar-refractivity contribution in [3.63, 3.8) is 0 Å². The fourth-order valence-corrected chi connectivity index (χ4v) is 1.52. The molecule has 1 aromatic carbocycles. The summed E-state index contributed by atoms with van der Waals surface area (Å²) < 4.78 is 34.2. The first kappa shape index (κ1) is 12.9. The van der Waals surface area contributed by atoms with E-state index in [1.807, 2.05) is 13.8 Å². The summed E-state index contributed by atoms with van der Waals surface area (Å²) in [7, 11) is 0. The standard InChI is InChI=1S/C12H15F2NO3/c1-7(2)9(16)6-15-8-3-4-10-11(5-8)18-12(13,14)17-10/h3-5,7,9,15-16H,6H2,1-2H3. The Labute approximate surface area is 104 Å². The van der Waals surface area contributed by atoms with Crippen LogP contribution in [0, 0.1) is 5.92 Å². The number of benzene rings is 1. The Bertz CT molecular complexity index is 437. The second-order valence-electron chi connectivity index (χ2n) is 4.52. The van der Waals surface area contributed by atoms with Crippen LogP contribution in [0.5, 0.6) is 11.5 Å². The summed E-state index contributed by atoms with van der Waals surface area (Å²) in [6.45, 7) is 4.13. The lowest BCUT2D eigenvalue weighted by Crippen LogP contribution is -2.26. The molecule has 1 heterocycles. The van der Waals surface area contributed by atoms with Crippen LogP contribution in [0.2, 0.25) is 0 Å². The Morgan fingerprint density at radius 2 is 1.94 bits per heavy atom. The number of aliphatic hydroxyl groups excluding tert-OH is 1. The SMILES string of the molecule is CC(C)C(O)CNc1ccc2c(c1)OC(F)(F)O2. The smallest absolute Gasteiger partial charge is 0.395 e. The highest BCUT2D eigenvalue weighted by Crippen LogP contribution is 2.42. The van der Waals surface area contributed by atoms with Gasteiger partial charge in [0, 0.05) is 18.3 Å². The van der Waals surface area contributed by atoms with E-state index in [9.17, 15) is 13.9 Å². The normalized spacial score (nSPS) is 17.9. The number of hydrogen-bond donors (Lipinski definition) is 2. The molecule has 18 heavy (non-hydrogen) atoms. The minimum Gasteiger partial charge on any atom is -0.395 e. The number of anilines is 1. The van der Waals surface area contributed by atoms with Gasteiger partial charge >= 0.3 is 6.29 Å². The topological polar surface area (TPSA) is 50.7 Å². The van der Waals surface area contributed by atoms with E-state index in [1.54, 1.807) is 6.07 Å². The number of aliphatic hydroxyl groups is 1. The van der Waals surface area contributed by atoms with Gasteiger partial charge in [-0.25, -0.2) is 0 Å². The Balaban J connectivity index is 2.01. The zero-order valence-electron chi connectivity index (χ0n) is 10.1. The maximum Gasteiger partial charge on any atom is 0.586 e. The van der Waals surface area contributed by atoms with E-state index in [0.717, 1.165) is 0 Å². The molecule has 2 rings (SSSR count). The number of nitrogens with one attached hydrogen (secondary N) is 1. The highest BCUT2D eigenvalue weighted by atomic mass is 19.3. The van der Waals surface area contributed by atoms with Crippen LogP contribution in [0.15, 0.2) is 18.2 Å². The van der Waals surface area contributed by atoms with Crippen molar-refractivity contribution in [1.29, 1.82) is 0 Å². The molecular formula is C12H15F2NO3. The highest BCUT2D eigenvalue weighted by molar-refractivity contribution is 5.56. The van der Waals surface area contributed by atoms with Crippen molar-refractivity contribution < 1.29 is 23.4 Å². The van der Waals surface area contributed by atoms with Gasteiger partial charge in [0.1, 0.15) is 0 Å². The van der Waals surface area contributed by atoms with Crippen LogP contribution in [0.3, 0.4) is 0 Å². The van der Waals surface area contributed by atoms with Crippen molar-refractivity contribution in [2.45, 2.75) is 26.2 Å². The molecule has 2 N–H and O–H groups in total. The van der Waals surface area contributed by atoms with Gasteiger partial charge in [0.2, 0.25) is 0 Å². The highest BCUT2D eigenvalue weighted by Gasteiger charge is 2.43. The van der Waals surface area contributed by atoms with Crippen LogP contribution in [0.25, 0.3) is 0 Å². The van der Waals surface area contributed by atoms with E-state index in [-0.39, 0.29) is 17.4 Å². The number of halogens is 2. The van der Waals surface area contributed by atoms with Crippen molar-refractivity contribution in [3.05, 3.63) is 18.2 Å². The third kappa shape index (κ3) is 2.81. The van der Waals surface area contributed by atoms with Crippen LogP contribution >= 0.6 is 0 Å². The zero-order valence-corrected chi connectivity index (χ0v) is 10.1. The zero-order chi connectivity index (χ0) is 13.3. The maximum atomic E-state index is 12.8. The van der Waals surface area contributed by atoms with E-state index >= 15 is 0 Å². The van der Waals surface area contributed by atoms with Crippen molar-refractivity contribution >= 4 is 5.69 Å². The van der Waals surface area contributed by atoms with Gasteiger partial charge < -0.3 is 19.9 Å². The largest absolute Gasteiger partial charge is 0.586 e. The third-order valence-electron chi connectivity index (χ3n) is 2.69. The second kappa shape index (κ2) is 4.61. The average Bonchev–Trinajstić information content (AvgIpc) is 2.58. The summed E-state index contributed by atoms with van der Waals surface area (Å²) in [4.78, 5) is 0. The Kier molecular flexibility index (Phi) is 3.30. The van der Waals surface area contributed by atoms with Gasteiger partial charge in [-0.15, -0.1) is 8.78 Å². The maximum absolute atomic E-state index is 12.8. The van der Waals surface area contributed by atoms with Gasteiger partial charge in [-0.2, -0.15) is 0 Å².